The molecule has 0 spiro atoms. The third kappa shape index (κ3) is 2.99. The minimum atomic E-state index is -0.349. The molecule has 0 fully saturated rings. The predicted octanol–water partition coefficient (Wildman–Crippen LogP) is 2.27. The Morgan fingerprint density at radius 3 is 2.38 bits per heavy atom. The van der Waals surface area contributed by atoms with Gasteiger partial charge in [0.1, 0.15) is 0 Å². The van der Waals surface area contributed by atoms with E-state index >= 15 is 0 Å². The van der Waals surface area contributed by atoms with Gasteiger partial charge in [-0.1, -0.05) is 39.0 Å². The van der Waals surface area contributed by atoms with Crippen molar-refractivity contribution in [3.63, 3.8) is 0 Å². The quantitative estimate of drug-likeness (QED) is 0.777. The lowest BCUT2D eigenvalue weighted by Crippen LogP contribution is -2.36. The van der Waals surface area contributed by atoms with Gasteiger partial charge in [0.05, 0.1) is 0 Å². The van der Waals surface area contributed by atoms with Crippen molar-refractivity contribution in [1.82, 2.24) is 4.90 Å². The van der Waals surface area contributed by atoms with E-state index in [2.05, 4.69) is 0 Å². The van der Waals surface area contributed by atoms with Crippen molar-refractivity contribution in [2.75, 3.05) is 12.8 Å². The number of nitrogens with two attached hydrogens (primary N) is 1. The van der Waals surface area contributed by atoms with Crippen LogP contribution in [0, 0.1) is 5.41 Å². The second-order valence-electron chi connectivity index (χ2n) is 5.11. The molecule has 1 amide bonds. The van der Waals surface area contributed by atoms with Crippen molar-refractivity contribution < 1.29 is 4.79 Å². The molecule has 0 atom stereocenters. The van der Waals surface area contributed by atoms with E-state index in [1.54, 1.807) is 11.9 Å². The molecule has 2 N–H and O–H groups in total. The SMILES string of the molecule is CN(Cc1ccccc1N)C(=O)C(C)(C)C. The minimum absolute atomic E-state index is 0.121. The molecule has 1 aromatic carbocycles. The summed E-state index contributed by atoms with van der Waals surface area (Å²) in [4.78, 5) is 13.7. The van der Waals surface area contributed by atoms with Gasteiger partial charge in [0, 0.05) is 24.7 Å². The molecule has 0 heterocycles. The van der Waals surface area contributed by atoms with Gasteiger partial charge in [-0.05, 0) is 11.6 Å². The summed E-state index contributed by atoms with van der Waals surface area (Å²) in [6, 6.07) is 7.62. The fourth-order valence-corrected chi connectivity index (χ4v) is 1.58. The van der Waals surface area contributed by atoms with Gasteiger partial charge in [-0.3, -0.25) is 4.79 Å². The summed E-state index contributed by atoms with van der Waals surface area (Å²) in [6.45, 7) is 6.31. The summed E-state index contributed by atoms with van der Waals surface area (Å²) in [7, 11) is 1.81. The number of rotatable bonds is 2. The van der Waals surface area contributed by atoms with Crippen LogP contribution in [0.2, 0.25) is 0 Å². The van der Waals surface area contributed by atoms with Crippen molar-refractivity contribution >= 4 is 11.6 Å². The average molecular weight is 220 g/mol. The lowest BCUT2D eigenvalue weighted by molar-refractivity contribution is -0.138. The largest absolute Gasteiger partial charge is 0.398 e. The highest BCUT2D eigenvalue weighted by Crippen LogP contribution is 2.19. The molecule has 0 radical (unpaired) electrons. The number of para-hydroxylation sites is 1. The molecular formula is C13H20N2O. The summed E-state index contributed by atoms with van der Waals surface area (Å²) in [6.07, 6.45) is 0. The summed E-state index contributed by atoms with van der Waals surface area (Å²) < 4.78 is 0. The number of nitrogens with zero attached hydrogens (tertiary/aromatic N) is 1. The number of carbonyl (C=O) groups excluding carboxylic acids is 1. The Hall–Kier alpha value is -1.51. The monoisotopic (exact) mass is 220 g/mol. The number of anilines is 1. The maximum atomic E-state index is 12.0. The first-order valence-corrected chi connectivity index (χ1v) is 5.41. The lowest BCUT2D eigenvalue weighted by Gasteiger charge is -2.26. The van der Waals surface area contributed by atoms with Gasteiger partial charge in [-0.25, -0.2) is 0 Å². The molecule has 3 nitrogen and oxygen atoms in total. The van der Waals surface area contributed by atoms with Crippen molar-refractivity contribution in [3.8, 4) is 0 Å². The normalized spacial score (nSPS) is 11.2. The summed E-state index contributed by atoms with van der Waals surface area (Å²) in [5.74, 6) is 0.121. The first kappa shape index (κ1) is 12.6. The molecule has 88 valence electrons. The molecule has 3 heteroatoms. The van der Waals surface area contributed by atoms with Crippen molar-refractivity contribution in [2.24, 2.45) is 5.41 Å². The van der Waals surface area contributed by atoms with Crippen molar-refractivity contribution in [3.05, 3.63) is 29.8 Å². The Bertz CT molecular complexity index is 380. The third-order valence-electron chi connectivity index (χ3n) is 2.45. The zero-order valence-corrected chi connectivity index (χ0v) is 10.4. The van der Waals surface area contributed by atoms with E-state index < -0.39 is 0 Å². The highest BCUT2D eigenvalue weighted by molar-refractivity contribution is 5.81. The van der Waals surface area contributed by atoms with E-state index in [0.29, 0.717) is 6.54 Å². The molecule has 1 rings (SSSR count). The Kier molecular flexibility index (Phi) is 3.58. The maximum Gasteiger partial charge on any atom is 0.227 e. The fourth-order valence-electron chi connectivity index (χ4n) is 1.58. The van der Waals surface area contributed by atoms with E-state index in [1.807, 2.05) is 45.0 Å². The van der Waals surface area contributed by atoms with Gasteiger partial charge in [0.25, 0.3) is 0 Å². The maximum absolute atomic E-state index is 12.0. The minimum Gasteiger partial charge on any atom is -0.398 e. The average Bonchev–Trinajstić information content (AvgIpc) is 2.19. The highest BCUT2D eigenvalue weighted by atomic mass is 16.2. The topological polar surface area (TPSA) is 46.3 Å². The van der Waals surface area contributed by atoms with Crippen LogP contribution in [0.25, 0.3) is 0 Å². The van der Waals surface area contributed by atoms with Gasteiger partial charge >= 0.3 is 0 Å². The Labute approximate surface area is 97.2 Å². The number of hydrogen-bond donors (Lipinski definition) is 1. The van der Waals surface area contributed by atoms with E-state index in [9.17, 15) is 4.79 Å². The smallest absolute Gasteiger partial charge is 0.227 e. The van der Waals surface area contributed by atoms with Crippen LogP contribution in [0.4, 0.5) is 5.69 Å². The van der Waals surface area contributed by atoms with Crippen LogP contribution in [0.5, 0.6) is 0 Å². The van der Waals surface area contributed by atoms with E-state index in [-0.39, 0.29) is 11.3 Å². The molecule has 0 aromatic heterocycles. The van der Waals surface area contributed by atoms with E-state index in [1.165, 1.54) is 0 Å². The van der Waals surface area contributed by atoms with Gasteiger partial charge in [-0.2, -0.15) is 0 Å². The first-order chi connectivity index (χ1) is 7.32. The molecule has 0 bridgehead atoms. The number of nitrogen functional groups attached to an aromatic ring is 1. The highest BCUT2D eigenvalue weighted by Gasteiger charge is 2.24. The Morgan fingerprint density at radius 1 is 1.31 bits per heavy atom. The fraction of sp³-hybridized carbons (Fsp3) is 0.462. The standard InChI is InChI=1S/C13H20N2O/c1-13(2,3)12(16)15(4)9-10-7-5-6-8-11(10)14/h5-8H,9,14H2,1-4H3. The second kappa shape index (κ2) is 4.56. The Morgan fingerprint density at radius 2 is 1.88 bits per heavy atom. The predicted molar refractivity (Wildman–Crippen MR) is 66.8 cm³/mol. The molecule has 0 aliphatic rings. The molecule has 0 aliphatic heterocycles. The molecule has 0 saturated carbocycles. The number of hydrogen-bond acceptors (Lipinski definition) is 2. The molecule has 1 aromatic rings. The summed E-state index contributed by atoms with van der Waals surface area (Å²) >= 11 is 0. The summed E-state index contributed by atoms with van der Waals surface area (Å²) in [5.41, 5.74) is 7.21. The number of amides is 1. The molecule has 0 aliphatic carbocycles. The molecule has 0 saturated heterocycles. The molecular weight excluding hydrogens is 200 g/mol. The van der Waals surface area contributed by atoms with Crippen molar-refractivity contribution in [1.29, 1.82) is 0 Å². The van der Waals surface area contributed by atoms with Crippen LogP contribution in [-0.4, -0.2) is 17.9 Å². The van der Waals surface area contributed by atoms with Crippen LogP contribution >= 0.6 is 0 Å². The van der Waals surface area contributed by atoms with Gasteiger partial charge in [0.2, 0.25) is 5.91 Å². The van der Waals surface area contributed by atoms with Crippen molar-refractivity contribution in [2.45, 2.75) is 27.3 Å². The molecule has 0 unspecified atom stereocenters. The van der Waals surface area contributed by atoms with Crippen LogP contribution in [0.15, 0.2) is 24.3 Å². The second-order valence-corrected chi connectivity index (χ2v) is 5.11. The third-order valence-corrected chi connectivity index (χ3v) is 2.45. The summed E-state index contributed by atoms with van der Waals surface area (Å²) in [5, 5.41) is 0. The van der Waals surface area contributed by atoms with E-state index in [4.69, 9.17) is 5.73 Å². The first-order valence-electron chi connectivity index (χ1n) is 5.41. The van der Waals surface area contributed by atoms with Gasteiger partial charge in [0.15, 0.2) is 0 Å². The van der Waals surface area contributed by atoms with Gasteiger partial charge < -0.3 is 10.6 Å². The van der Waals surface area contributed by atoms with E-state index in [0.717, 1.165) is 11.3 Å². The zero-order chi connectivity index (χ0) is 12.3. The van der Waals surface area contributed by atoms with Crippen LogP contribution in [-0.2, 0) is 11.3 Å². The van der Waals surface area contributed by atoms with Gasteiger partial charge in [-0.15, -0.1) is 0 Å². The zero-order valence-electron chi connectivity index (χ0n) is 10.4. The van der Waals surface area contributed by atoms with Crippen LogP contribution in [0.1, 0.15) is 26.3 Å². The number of carbonyl (C=O) groups is 1. The number of benzene rings is 1. The molecule has 16 heavy (non-hydrogen) atoms. The van der Waals surface area contributed by atoms with Crippen LogP contribution in [0.3, 0.4) is 0 Å². The Balaban J connectivity index is 2.76. The lowest BCUT2D eigenvalue weighted by atomic mass is 9.94. The van der Waals surface area contributed by atoms with Crippen LogP contribution < -0.4 is 5.73 Å².